The summed E-state index contributed by atoms with van der Waals surface area (Å²) in [7, 11) is 0. The molecule has 0 aliphatic carbocycles. The number of nitrogens with two attached hydrogens (primary N) is 1. The zero-order chi connectivity index (χ0) is 23.3. The summed E-state index contributed by atoms with van der Waals surface area (Å²) in [6.45, 7) is 0.286. The quantitative estimate of drug-likeness (QED) is 0.287. The second kappa shape index (κ2) is 10.1. The number of carbonyl (C=O) groups is 1. The zero-order valence-corrected chi connectivity index (χ0v) is 18.0. The molecule has 3 aromatic rings. The molecule has 11 nitrogen and oxygen atoms in total. The largest absolute Gasteiger partial charge is 0.481 e. The van der Waals surface area contributed by atoms with Gasteiger partial charge in [0.1, 0.15) is 5.75 Å². The Morgan fingerprint density at radius 3 is 2.72 bits per heavy atom. The molecular formula is C20H23ClN4O7. The van der Waals surface area contributed by atoms with Crippen LogP contribution in [0.25, 0.3) is 11.1 Å². The predicted octanol–water partition coefficient (Wildman–Crippen LogP) is 0.793. The van der Waals surface area contributed by atoms with Gasteiger partial charge in [-0.1, -0.05) is 11.6 Å². The Hall–Kier alpha value is -2.99. The summed E-state index contributed by atoms with van der Waals surface area (Å²) in [6, 6.07) is 4.55. The van der Waals surface area contributed by atoms with Gasteiger partial charge in [-0.05, 0) is 19.1 Å². The van der Waals surface area contributed by atoms with Crippen LogP contribution in [0.5, 0.6) is 5.75 Å². The number of carbonyl (C=O) groups excluding carboxylic acids is 1. The zero-order valence-electron chi connectivity index (χ0n) is 17.2. The number of aliphatic hydroxyl groups excluding tert-OH is 2. The van der Waals surface area contributed by atoms with E-state index >= 15 is 0 Å². The summed E-state index contributed by atoms with van der Waals surface area (Å²) in [6.07, 6.45) is 2.86. The molecule has 0 saturated heterocycles. The first-order chi connectivity index (χ1) is 15.3. The fourth-order valence-corrected chi connectivity index (χ4v) is 3.11. The summed E-state index contributed by atoms with van der Waals surface area (Å²) >= 11 is 6.35. The first kappa shape index (κ1) is 23.7. The third-order valence-electron chi connectivity index (χ3n) is 4.64. The van der Waals surface area contributed by atoms with E-state index < -0.39 is 36.5 Å². The fraction of sp³-hybridized carbons (Fsp3) is 0.400. The van der Waals surface area contributed by atoms with Crippen LogP contribution >= 0.6 is 11.6 Å². The van der Waals surface area contributed by atoms with Crippen LogP contribution in [0.4, 0.5) is 0 Å². The summed E-state index contributed by atoms with van der Waals surface area (Å²) in [5, 5.41) is 18.7. The fourth-order valence-electron chi connectivity index (χ4n) is 2.90. The van der Waals surface area contributed by atoms with E-state index in [0.717, 1.165) is 4.57 Å². The number of esters is 1. The number of hydrogen-bond acceptors (Lipinski definition) is 10. The van der Waals surface area contributed by atoms with Crippen molar-refractivity contribution in [2.75, 3.05) is 19.8 Å². The van der Waals surface area contributed by atoms with Crippen LogP contribution in [0.2, 0.25) is 5.02 Å². The Morgan fingerprint density at radius 2 is 2.06 bits per heavy atom. The maximum absolute atomic E-state index is 12.5. The highest BCUT2D eigenvalue weighted by Crippen LogP contribution is 2.32. The molecule has 2 unspecified atom stereocenters. The minimum Gasteiger partial charge on any atom is -0.481 e. The number of benzene rings is 1. The number of rotatable bonds is 10. The lowest BCUT2D eigenvalue weighted by Crippen LogP contribution is -2.56. The number of aliphatic hydroxyl groups is 2. The van der Waals surface area contributed by atoms with Crippen molar-refractivity contribution < 1.29 is 28.9 Å². The number of fused-ring (bicyclic) bond motifs is 1. The predicted molar refractivity (Wildman–Crippen MR) is 113 cm³/mol. The Balaban J connectivity index is 1.88. The van der Waals surface area contributed by atoms with Crippen molar-refractivity contribution >= 4 is 28.7 Å². The molecule has 0 aliphatic heterocycles. The molecule has 0 saturated carbocycles. The Kier molecular flexibility index (Phi) is 7.46. The molecule has 0 radical (unpaired) electrons. The first-order valence-corrected chi connectivity index (χ1v) is 10.1. The minimum absolute atomic E-state index is 0.0782. The average Bonchev–Trinajstić information content (AvgIpc) is 3.08. The monoisotopic (exact) mass is 466 g/mol. The molecule has 0 amide bonds. The van der Waals surface area contributed by atoms with E-state index in [4.69, 9.17) is 36.3 Å². The second-order valence-corrected chi connectivity index (χ2v) is 7.51. The summed E-state index contributed by atoms with van der Waals surface area (Å²) in [5.74, 6) is -1.04. The van der Waals surface area contributed by atoms with Gasteiger partial charge in [0.2, 0.25) is 0 Å². The van der Waals surface area contributed by atoms with Gasteiger partial charge in [-0.2, -0.15) is 0 Å². The normalized spacial score (nSPS) is 14.2. The topological polar surface area (TPSA) is 163 Å². The summed E-state index contributed by atoms with van der Waals surface area (Å²) in [5.41, 5.74) is 4.50. The number of oxazole rings is 1. The maximum atomic E-state index is 12.5. The van der Waals surface area contributed by atoms with Crippen LogP contribution in [0.1, 0.15) is 25.3 Å². The molecule has 4 N–H and O–H groups in total. The second-order valence-electron chi connectivity index (χ2n) is 7.10. The molecule has 3 rings (SSSR count). The molecular weight excluding hydrogens is 444 g/mol. The number of ether oxygens (including phenoxy) is 2. The molecule has 32 heavy (non-hydrogen) atoms. The standard InChI is InChI=1S/C20H23ClN4O7/c1-12(17-23-4-2-5-24-17)31-15-9-16-14(8-13(15)21)25(19(29)32-16)10-20(22,11-27)18(28)30-7-3-6-26/h2,4-5,8-9,12,26-27H,3,6-7,10-11,22H2,1H3. The van der Waals surface area contributed by atoms with E-state index in [-0.39, 0.29) is 41.5 Å². The van der Waals surface area contributed by atoms with Crippen molar-refractivity contribution in [3.63, 3.8) is 0 Å². The molecule has 0 bridgehead atoms. The molecule has 0 fully saturated rings. The maximum Gasteiger partial charge on any atom is 0.420 e. The van der Waals surface area contributed by atoms with Crippen LogP contribution < -0.4 is 16.2 Å². The van der Waals surface area contributed by atoms with Gasteiger partial charge < -0.3 is 29.8 Å². The summed E-state index contributed by atoms with van der Waals surface area (Å²) < 4.78 is 17.1. The van der Waals surface area contributed by atoms with Gasteiger partial charge in [0, 0.05) is 31.5 Å². The number of aromatic nitrogens is 3. The van der Waals surface area contributed by atoms with Gasteiger partial charge >= 0.3 is 11.7 Å². The lowest BCUT2D eigenvalue weighted by Gasteiger charge is -2.25. The molecule has 2 aromatic heterocycles. The molecule has 0 spiro atoms. The van der Waals surface area contributed by atoms with Gasteiger partial charge in [0.05, 0.1) is 30.3 Å². The number of halogens is 1. The average molecular weight is 467 g/mol. The number of hydrogen-bond donors (Lipinski definition) is 3. The molecule has 1 aromatic carbocycles. The molecule has 2 atom stereocenters. The van der Waals surface area contributed by atoms with E-state index in [1.807, 2.05) is 0 Å². The van der Waals surface area contributed by atoms with Gasteiger partial charge in [-0.15, -0.1) is 0 Å². The van der Waals surface area contributed by atoms with Crippen LogP contribution in [0.15, 0.2) is 39.8 Å². The summed E-state index contributed by atoms with van der Waals surface area (Å²) in [4.78, 5) is 33.0. The van der Waals surface area contributed by atoms with Crippen LogP contribution in [0, 0.1) is 0 Å². The van der Waals surface area contributed by atoms with E-state index in [1.54, 1.807) is 25.4 Å². The molecule has 172 valence electrons. The van der Waals surface area contributed by atoms with Crippen molar-refractivity contribution in [3.8, 4) is 5.75 Å². The lowest BCUT2D eigenvalue weighted by atomic mass is 10.0. The smallest absolute Gasteiger partial charge is 0.420 e. The van der Waals surface area contributed by atoms with Gasteiger partial charge in [-0.3, -0.25) is 4.57 Å². The van der Waals surface area contributed by atoms with Crippen molar-refractivity contribution in [1.29, 1.82) is 0 Å². The third kappa shape index (κ3) is 5.07. The van der Waals surface area contributed by atoms with Crippen LogP contribution in [0.3, 0.4) is 0 Å². The lowest BCUT2D eigenvalue weighted by molar-refractivity contribution is -0.152. The van der Waals surface area contributed by atoms with Crippen LogP contribution in [-0.2, 0) is 16.1 Å². The van der Waals surface area contributed by atoms with Crippen molar-refractivity contribution in [2.24, 2.45) is 5.73 Å². The van der Waals surface area contributed by atoms with Gasteiger partial charge in [0.25, 0.3) is 0 Å². The molecule has 0 aliphatic rings. The highest BCUT2D eigenvalue weighted by atomic mass is 35.5. The van der Waals surface area contributed by atoms with Crippen molar-refractivity contribution in [2.45, 2.75) is 31.5 Å². The highest BCUT2D eigenvalue weighted by molar-refractivity contribution is 6.32. The molecule has 2 heterocycles. The van der Waals surface area contributed by atoms with E-state index in [2.05, 4.69) is 9.97 Å². The minimum atomic E-state index is -1.91. The Bertz CT molecular complexity index is 1130. The van der Waals surface area contributed by atoms with Crippen LogP contribution in [-0.4, -0.2) is 56.1 Å². The SMILES string of the molecule is CC(Oc1cc2oc(=O)n(CC(N)(CO)C(=O)OCCCO)c2cc1Cl)c1ncccn1. The van der Waals surface area contributed by atoms with Crippen molar-refractivity contribution in [3.05, 3.63) is 52.0 Å². The van der Waals surface area contributed by atoms with Gasteiger partial charge in [-0.25, -0.2) is 19.6 Å². The first-order valence-electron chi connectivity index (χ1n) is 9.73. The van der Waals surface area contributed by atoms with Crippen molar-refractivity contribution in [1.82, 2.24) is 14.5 Å². The Morgan fingerprint density at radius 1 is 1.34 bits per heavy atom. The van der Waals surface area contributed by atoms with E-state index in [0.29, 0.717) is 5.82 Å². The highest BCUT2D eigenvalue weighted by Gasteiger charge is 2.37. The third-order valence-corrected chi connectivity index (χ3v) is 4.93. The number of nitrogens with zero attached hydrogens (tertiary/aromatic N) is 3. The van der Waals surface area contributed by atoms with E-state index in [9.17, 15) is 14.7 Å². The Labute approximate surface area is 187 Å². The molecule has 12 heteroatoms. The van der Waals surface area contributed by atoms with E-state index in [1.165, 1.54) is 12.1 Å². The van der Waals surface area contributed by atoms with Gasteiger partial charge in [0.15, 0.2) is 23.1 Å².